The molecule has 0 aliphatic rings. The molecule has 0 heterocycles. The highest BCUT2D eigenvalue weighted by Crippen LogP contribution is 2.35. The molecule has 2 aromatic rings. The van der Waals surface area contributed by atoms with Gasteiger partial charge in [-0.2, -0.15) is 0 Å². The monoisotopic (exact) mass is 375 g/mol. The van der Waals surface area contributed by atoms with Crippen LogP contribution in [-0.4, -0.2) is 4.92 Å². The number of nitro benzene ring substituents is 1. The van der Waals surface area contributed by atoms with Crippen LogP contribution in [-0.2, 0) is 5.33 Å². The van der Waals surface area contributed by atoms with E-state index in [0.717, 1.165) is 0 Å². The molecule has 0 spiro atoms. The number of nitro groups is 1. The molecular formula is C13H8BrCl2NO3. The van der Waals surface area contributed by atoms with Gasteiger partial charge in [0.05, 0.1) is 9.95 Å². The average molecular weight is 377 g/mol. The van der Waals surface area contributed by atoms with Crippen LogP contribution >= 0.6 is 39.1 Å². The van der Waals surface area contributed by atoms with Crippen molar-refractivity contribution < 1.29 is 9.66 Å². The second-order valence-corrected chi connectivity index (χ2v) is 5.26. The Balaban J connectivity index is 2.35. The summed E-state index contributed by atoms with van der Waals surface area (Å²) in [5.41, 5.74) is 0.666. The fraction of sp³-hybridized carbons (Fsp3) is 0.0769. The predicted octanol–water partition coefficient (Wildman–Crippen LogP) is 5.59. The van der Waals surface area contributed by atoms with E-state index >= 15 is 0 Å². The number of halogens is 3. The first-order valence-corrected chi connectivity index (χ1v) is 7.35. The van der Waals surface area contributed by atoms with E-state index in [-0.39, 0.29) is 5.69 Å². The van der Waals surface area contributed by atoms with Gasteiger partial charge in [-0.1, -0.05) is 39.1 Å². The Kier molecular flexibility index (Phi) is 4.86. The Bertz CT molecular complexity index is 664. The largest absolute Gasteiger partial charge is 0.455 e. The number of alkyl halides is 1. The zero-order chi connectivity index (χ0) is 14.7. The molecule has 4 nitrogen and oxygen atoms in total. The molecule has 0 aliphatic heterocycles. The highest BCUT2D eigenvalue weighted by Gasteiger charge is 2.13. The highest BCUT2D eigenvalue weighted by atomic mass is 79.9. The van der Waals surface area contributed by atoms with Gasteiger partial charge in [0.2, 0.25) is 0 Å². The Morgan fingerprint density at radius 1 is 1.15 bits per heavy atom. The van der Waals surface area contributed by atoms with Crippen molar-refractivity contribution in [3.8, 4) is 11.5 Å². The molecule has 0 N–H and O–H groups in total. The van der Waals surface area contributed by atoms with Gasteiger partial charge < -0.3 is 4.74 Å². The maximum absolute atomic E-state index is 10.7. The van der Waals surface area contributed by atoms with Gasteiger partial charge in [-0.3, -0.25) is 10.1 Å². The molecule has 0 saturated heterocycles. The molecule has 0 unspecified atom stereocenters. The lowest BCUT2D eigenvalue weighted by atomic mass is 10.2. The molecule has 0 amide bonds. The molecule has 0 fully saturated rings. The van der Waals surface area contributed by atoms with Crippen LogP contribution < -0.4 is 4.74 Å². The molecule has 0 aliphatic carbocycles. The van der Waals surface area contributed by atoms with E-state index in [2.05, 4.69) is 15.9 Å². The minimum absolute atomic E-state index is 0.00834. The fourth-order valence-electron chi connectivity index (χ4n) is 1.56. The summed E-state index contributed by atoms with van der Waals surface area (Å²) in [5, 5.41) is 12.0. The number of nitrogens with zero attached hydrogens (tertiary/aromatic N) is 1. The lowest BCUT2D eigenvalue weighted by molar-refractivity contribution is -0.384. The van der Waals surface area contributed by atoms with Gasteiger partial charge in [-0.05, 0) is 24.3 Å². The summed E-state index contributed by atoms with van der Waals surface area (Å²) in [7, 11) is 0. The lowest BCUT2D eigenvalue weighted by Crippen LogP contribution is -1.94. The normalized spacial score (nSPS) is 10.3. The van der Waals surface area contributed by atoms with Gasteiger partial charge in [0, 0.05) is 28.0 Å². The average Bonchev–Trinajstić information content (AvgIpc) is 2.42. The first-order valence-electron chi connectivity index (χ1n) is 5.47. The van der Waals surface area contributed by atoms with Crippen LogP contribution in [0.2, 0.25) is 10.0 Å². The number of benzene rings is 2. The molecular weight excluding hydrogens is 369 g/mol. The molecule has 2 aromatic carbocycles. The summed E-state index contributed by atoms with van der Waals surface area (Å²) in [4.78, 5) is 10.3. The van der Waals surface area contributed by atoms with Crippen molar-refractivity contribution >= 4 is 44.8 Å². The third kappa shape index (κ3) is 3.42. The molecule has 0 aromatic heterocycles. The second kappa shape index (κ2) is 6.43. The standard InChI is InChI=1S/C13H8BrCl2NO3/c14-7-8-5-10(17(18)19)2-4-12(8)20-13-3-1-9(15)6-11(13)16/h1-6H,7H2. The molecule has 0 bridgehead atoms. The Morgan fingerprint density at radius 3 is 2.45 bits per heavy atom. The van der Waals surface area contributed by atoms with Crippen LogP contribution in [0.1, 0.15) is 5.56 Å². The van der Waals surface area contributed by atoms with Gasteiger partial charge in [0.15, 0.2) is 0 Å². The first kappa shape index (κ1) is 15.1. The first-order chi connectivity index (χ1) is 9.51. The van der Waals surface area contributed by atoms with Crippen molar-refractivity contribution in [3.63, 3.8) is 0 Å². The summed E-state index contributed by atoms with van der Waals surface area (Å²) >= 11 is 15.1. The van der Waals surface area contributed by atoms with E-state index in [1.54, 1.807) is 24.3 Å². The van der Waals surface area contributed by atoms with E-state index in [9.17, 15) is 10.1 Å². The van der Waals surface area contributed by atoms with Crippen LogP contribution in [0.15, 0.2) is 36.4 Å². The van der Waals surface area contributed by atoms with Crippen LogP contribution in [0.5, 0.6) is 11.5 Å². The quantitative estimate of drug-likeness (QED) is 0.397. The molecule has 0 radical (unpaired) electrons. The van der Waals surface area contributed by atoms with Gasteiger partial charge >= 0.3 is 0 Å². The van der Waals surface area contributed by atoms with E-state index in [4.69, 9.17) is 27.9 Å². The van der Waals surface area contributed by atoms with Crippen LogP contribution in [0, 0.1) is 10.1 Å². The van der Waals surface area contributed by atoms with E-state index in [0.29, 0.717) is 32.4 Å². The lowest BCUT2D eigenvalue weighted by Gasteiger charge is -2.11. The molecule has 7 heteroatoms. The summed E-state index contributed by atoms with van der Waals surface area (Å²) < 4.78 is 5.68. The topological polar surface area (TPSA) is 52.4 Å². The van der Waals surface area contributed by atoms with Crippen LogP contribution in [0.25, 0.3) is 0 Å². The number of rotatable bonds is 4. The van der Waals surface area contributed by atoms with Crippen molar-refractivity contribution in [2.75, 3.05) is 0 Å². The van der Waals surface area contributed by atoms with Crippen molar-refractivity contribution in [3.05, 3.63) is 62.1 Å². The van der Waals surface area contributed by atoms with E-state index in [1.807, 2.05) is 0 Å². The minimum Gasteiger partial charge on any atom is -0.455 e. The Morgan fingerprint density at radius 2 is 1.85 bits per heavy atom. The third-order valence-electron chi connectivity index (χ3n) is 2.51. The summed E-state index contributed by atoms with van der Waals surface area (Å²) in [6.07, 6.45) is 0. The highest BCUT2D eigenvalue weighted by molar-refractivity contribution is 9.08. The maximum atomic E-state index is 10.7. The minimum atomic E-state index is -0.453. The van der Waals surface area contributed by atoms with Crippen molar-refractivity contribution in [1.82, 2.24) is 0 Å². The summed E-state index contributed by atoms with van der Waals surface area (Å²) in [5.74, 6) is 0.934. The zero-order valence-electron chi connectivity index (χ0n) is 9.98. The van der Waals surface area contributed by atoms with Gasteiger partial charge in [-0.25, -0.2) is 0 Å². The van der Waals surface area contributed by atoms with Crippen molar-refractivity contribution in [1.29, 1.82) is 0 Å². The Labute approximate surface area is 133 Å². The van der Waals surface area contributed by atoms with Gasteiger partial charge in [-0.15, -0.1) is 0 Å². The number of non-ortho nitro benzene ring substituents is 1. The number of hydrogen-bond acceptors (Lipinski definition) is 3. The molecule has 2 rings (SSSR count). The molecule has 0 atom stereocenters. The zero-order valence-corrected chi connectivity index (χ0v) is 13.1. The summed E-state index contributed by atoms with van der Waals surface area (Å²) in [6, 6.07) is 9.24. The van der Waals surface area contributed by atoms with Crippen molar-refractivity contribution in [2.45, 2.75) is 5.33 Å². The van der Waals surface area contributed by atoms with Crippen LogP contribution in [0.3, 0.4) is 0 Å². The number of ether oxygens (including phenoxy) is 1. The van der Waals surface area contributed by atoms with Crippen molar-refractivity contribution in [2.24, 2.45) is 0 Å². The number of hydrogen-bond donors (Lipinski definition) is 0. The van der Waals surface area contributed by atoms with Gasteiger partial charge in [0.25, 0.3) is 5.69 Å². The maximum Gasteiger partial charge on any atom is 0.270 e. The van der Waals surface area contributed by atoms with Gasteiger partial charge in [0.1, 0.15) is 11.5 Å². The molecule has 0 saturated carbocycles. The fourth-order valence-corrected chi connectivity index (χ4v) is 2.45. The Hall–Kier alpha value is -1.30. The summed E-state index contributed by atoms with van der Waals surface area (Å²) in [6.45, 7) is 0. The molecule has 20 heavy (non-hydrogen) atoms. The third-order valence-corrected chi connectivity index (χ3v) is 3.65. The molecule has 104 valence electrons. The second-order valence-electron chi connectivity index (χ2n) is 3.86. The smallest absolute Gasteiger partial charge is 0.270 e. The van der Waals surface area contributed by atoms with E-state index < -0.39 is 4.92 Å². The van der Waals surface area contributed by atoms with E-state index in [1.165, 1.54) is 12.1 Å². The predicted molar refractivity (Wildman–Crippen MR) is 82.3 cm³/mol. The SMILES string of the molecule is O=[N+]([O-])c1ccc(Oc2ccc(Cl)cc2Cl)c(CBr)c1. The van der Waals surface area contributed by atoms with Crippen LogP contribution in [0.4, 0.5) is 5.69 Å².